The molecule has 90 valence electrons. The van der Waals surface area contributed by atoms with E-state index in [2.05, 4.69) is 9.97 Å². The fraction of sp³-hybridized carbons (Fsp3) is 0.0769. The summed E-state index contributed by atoms with van der Waals surface area (Å²) in [5.74, 6) is 1.46. The number of hydrogen-bond acceptors (Lipinski definition) is 4. The van der Waals surface area contributed by atoms with Gasteiger partial charge in [0.05, 0.1) is 12.5 Å². The topological polar surface area (TPSA) is 48.2 Å². The van der Waals surface area contributed by atoms with Crippen LogP contribution in [0.3, 0.4) is 0 Å². The van der Waals surface area contributed by atoms with Gasteiger partial charge in [-0.1, -0.05) is 23.7 Å². The second-order valence-corrected chi connectivity index (χ2v) is 4.08. The molecule has 0 fully saturated rings. The Morgan fingerprint density at radius 3 is 2.89 bits per heavy atom. The van der Waals surface area contributed by atoms with Gasteiger partial charge in [0.2, 0.25) is 5.71 Å². The Kier molecular flexibility index (Phi) is 2.64. The van der Waals surface area contributed by atoms with Crippen LogP contribution in [0, 0.1) is 0 Å². The minimum atomic E-state index is 0.387. The van der Waals surface area contributed by atoms with Crippen LogP contribution in [0.1, 0.15) is 0 Å². The van der Waals surface area contributed by atoms with E-state index < -0.39 is 0 Å². The highest BCUT2D eigenvalue weighted by molar-refractivity contribution is 6.33. The number of nitrogens with zero attached hydrogens (tertiary/aromatic N) is 2. The number of methoxy groups -OCH3 is 1. The van der Waals surface area contributed by atoms with E-state index in [0.717, 1.165) is 11.3 Å². The van der Waals surface area contributed by atoms with Crippen molar-refractivity contribution in [1.29, 1.82) is 0 Å². The van der Waals surface area contributed by atoms with Crippen molar-refractivity contribution in [3.8, 4) is 17.1 Å². The van der Waals surface area contributed by atoms with Crippen LogP contribution in [0.15, 0.2) is 41.1 Å². The number of fused-ring (bicyclic) bond motifs is 1. The molecule has 18 heavy (non-hydrogen) atoms. The van der Waals surface area contributed by atoms with E-state index in [1.165, 1.54) is 6.33 Å². The quantitative estimate of drug-likeness (QED) is 0.661. The van der Waals surface area contributed by atoms with Gasteiger partial charge in [-0.3, -0.25) is 0 Å². The van der Waals surface area contributed by atoms with Gasteiger partial charge in [-0.2, -0.15) is 0 Å². The zero-order chi connectivity index (χ0) is 12.5. The fourth-order valence-corrected chi connectivity index (χ4v) is 1.92. The largest absolute Gasteiger partial charge is 0.497 e. The summed E-state index contributed by atoms with van der Waals surface area (Å²) in [7, 11) is 1.63. The summed E-state index contributed by atoms with van der Waals surface area (Å²) < 4.78 is 10.8. The van der Waals surface area contributed by atoms with Gasteiger partial charge in [0.25, 0.3) is 0 Å². The average Bonchev–Trinajstić information content (AvgIpc) is 2.84. The molecule has 0 saturated heterocycles. The molecule has 2 aromatic heterocycles. The molecule has 0 bridgehead atoms. The summed E-state index contributed by atoms with van der Waals surface area (Å²) in [6.07, 6.45) is 1.38. The Labute approximate surface area is 108 Å². The van der Waals surface area contributed by atoms with Gasteiger partial charge in [-0.05, 0) is 18.2 Å². The van der Waals surface area contributed by atoms with Gasteiger partial charge in [0.15, 0.2) is 0 Å². The minimum Gasteiger partial charge on any atom is -0.497 e. The van der Waals surface area contributed by atoms with Crippen molar-refractivity contribution in [3.05, 3.63) is 41.8 Å². The van der Waals surface area contributed by atoms with E-state index >= 15 is 0 Å². The summed E-state index contributed by atoms with van der Waals surface area (Å²) >= 11 is 5.98. The Morgan fingerprint density at radius 2 is 2.11 bits per heavy atom. The number of halogens is 1. The van der Waals surface area contributed by atoms with E-state index in [0.29, 0.717) is 22.0 Å². The third-order valence-corrected chi connectivity index (χ3v) is 2.94. The first kappa shape index (κ1) is 11.0. The Bertz CT molecular complexity index is 709. The van der Waals surface area contributed by atoms with Crippen molar-refractivity contribution in [2.24, 2.45) is 0 Å². The molecule has 0 aliphatic rings. The summed E-state index contributed by atoms with van der Waals surface area (Å²) in [4.78, 5) is 7.95. The van der Waals surface area contributed by atoms with E-state index in [1.807, 2.05) is 30.3 Å². The summed E-state index contributed by atoms with van der Waals surface area (Å²) in [6, 6.07) is 9.42. The van der Waals surface area contributed by atoms with Crippen LogP contribution in [-0.4, -0.2) is 17.1 Å². The second kappa shape index (κ2) is 4.31. The van der Waals surface area contributed by atoms with Gasteiger partial charge >= 0.3 is 0 Å². The van der Waals surface area contributed by atoms with Crippen LogP contribution >= 0.6 is 11.6 Å². The minimum absolute atomic E-state index is 0.387. The van der Waals surface area contributed by atoms with E-state index in [-0.39, 0.29) is 0 Å². The van der Waals surface area contributed by atoms with Crippen LogP contribution in [0.5, 0.6) is 5.75 Å². The number of benzene rings is 1. The van der Waals surface area contributed by atoms with Crippen LogP contribution in [0.2, 0.25) is 5.15 Å². The highest BCUT2D eigenvalue weighted by Crippen LogP contribution is 2.31. The van der Waals surface area contributed by atoms with Crippen molar-refractivity contribution in [3.63, 3.8) is 0 Å². The molecule has 1 aromatic carbocycles. The van der Waals surface area contributed by atoms with Crippen molar-refractivity contribution in [2.45, 2.75) is 0 Å². The van der Waals surface area contributed by atoms with Crippen molar-refractivity contribution in [1.82, 2.24) is 9.97 Å². The van der Waals surface area contributed by atoms with Gasteiger partial charge in [-0.25, -0.2) is 9.97 Å². The number of furan rings is 1. The predicted molar refractivity (Wildman–Crippen MR) is 68.8 cm³/mol. The summed E-state index contributed by atoms with van der Waals surface area (Å²) in [5, 5.41) is 1.09. The highest BCUT2D eigenvalue weighted by Gasteiger charge is 2.10. The number of ether oxygens (including phenoxy) is 1. The molecule has 0 saturated carbocycles. The molecule has 0 N–H and O–H groups in total. The zero-order valence-electron chi connectivity index (χ0n) is 9.55. The lowest BCUT2D eigenvalue weighted by Gasteiger charge is -2.00. The fourth-order valence-electron chi connectivity index (χ4n) is 1.75. The summed E-state index contributed by atoms with van der Waals surface area (Å²) in [5.41, 5.74) is 1.39. The van der Waals surface area contributed by atoms with Crippen LogP contribution in [0.25, 0.3) is 22.4 Å². The van der Waals surface area contributed by atoms with Crippen molar-refractivity contribution in [2.75, 3.05) is 7.11 Å². The molecule has 0 spiro atoms. The number of rotatable bonds is 2. The first-order chi connectivity index (χ1) is 8.78. The Hall–Kier alpha value is -2.07. The van der Waals surface area contributed by atoms with Crippen molar-refractivity contribution >= 4 is 22.7 Å². The average molecular weight is 261 g/mol. The standard InChI is InChI=1S/C13H9ClN2O2/c1-17-9-4-2-3-8(5-9)11-6-10-12(14)15-7-16-13(10)18-11/h2-7H,1H3. The zero-order valence-corrected chi connectivity index (χ0v) is 10.3. The lowest BCUT2D eigenvalue weighted by Crippen LogP contribution is -1.82. The lowest BCUT2D eigenvalue weighted by molar-refractivity contribution is 0.415. The third kappa shape index (κ3) is 1.80. The molecule has 0 aliphatic carbocycles. The molecular formula is C13H9ClN2O2. The maximum atomic E-state index is 5.98. The predicted octanol–water partition coefficient (Wildman–Crippen LogP) is 3.55. The monoisotopic (exact) mass is 260 g/mol. The van der Waals surface area contributed by atoms with Crippen LogP contribution in [-0.2, 0) is 0 Å². The molecule has 4 nitrogen and oxygen atoms in total. The van der Waals surface area contributed by atoms with Crippen LogP contribution in [0.4, 0.5) is 0 Å². The summed E-state index contributed by atoms with van der Waals surface area (Å²) in [6.45, 7) is 0. The van der Waals surface area contributed by atoms with Gasteiger partial charge in [0, 0.05) is 5.56 Å². The first-order valence-electron chi connectivity index (χ1n) is 5.32. The highest BCUT2D eigenvalue weighted by atomic mass is 35.5. The molecule has 2 heterocycles. The van der Waals surface area contributed by atoms with Gasteiger partial charge < -0.3 is 9.15 Å². The molecular weight excluding hydrogens is 252 g/mol. The van der Waals surface area contributed by atoms with E-state index in [9.17, 15) is 0 Å². The molecule has 0 radical (unpaired) electrons. The van der Waals surface area contributed by atoms with E-state index in [1.54, 1.807) is 7.11 Å². The Balaban J connectivity index is 2.16. The maximum Gasteiger partial charge on any atom is 0.231 e. The smallest absolute Gasteiger partial charge is 0.231 e. The van der Waals surface area contributed by atoms with Gasteiger partial charge in [-0.15, -0.1) is 0 Å². The van der Waals surface area contributed by atoms with Crippen molar-refractivity contribution < 1.29 is 9.15 Å². The molecule has 5 heteroatoms. The van der Waals surface area contributed by atoms with Crippen LogP contribution < -0.4 is 4.74 Å². The molecule has 3 rings (SSSR count). The maximum absolute atomic E-state index is 5.98. The second-order valence-electron chi connectivity index (χ2n) is 3.73. The molecule has 0 amide bonds. The SMILES string of the molecule is COc1cccc(-c2cc3c(Cl)ncnc3o2)c1. The third-order valence-electron chi connectivity index (χ3n) is 2.64. The molecule has 0 unspecified atom stereocenters. The molecule has 0 atom stereocenters. The molecule has 0 aliphatic heterocycles. The molecule has 3 aromatic rings. The normalized spacial score (nSPS) is 10.8. The number of hydrogen-bond donors (Lipinski definition) is 0. The Morgan fingerprint density at radius 1 is 1.22 bits per heavy atom. The van der Waals surface area contributed by atoms with Gasteiger partial charge in [0.1, 0.15) is 23.0 Å². The lowest BCUT2D eigenvalue weighted by atomic mass is 10.1. The van der Waals surface area contributed by atoms with E-state index in [4.69, 9.17) is 20.8 Å². The first-order valence-corrected chi connectivity index (χ1v) is 5.70. The number of aromatic nitrogens is 2.